The van der Waals surface area contributed by atoms with Crippen LogP contribution in [0.25, 0.3) is 0 Å². The Kier molecular flexibility index (Phi) is 6.79. The van der Waals surface area contributed by atoms with Crippen molar-refractivity contribution in [1.82, 2.24) is 0 Å². The van der Waals surface area contributed by atoms with E-state index in [-0.39, 0.29) is 34.5 Å². The molecule has 35 heavy (non-hydrogen) atoms. The first-order chi connectivity index (χ1) is 16.2. The zero-order valence-corrected chi connectivity index (χ0v) is 22.8. The summed E-state index contributed by atoms with van der Waals surface area (Å²) in [5.41, 5.74) is 0.521. The van der Waals surface area contributed by atoms with Gasteiger partial charge in [-0.25, -0.2) is 0 Å². The smallest absolute Gasteiger partial charge is 0.127 e. The Labute approximate surface area is 211 Å². The molecular weight excluding hydrogens is 440 g/mol. The van der Waals surface area contributed by atoms with Crippen LogP contribution < -0.4 is 0 Å². The van der Waals surface area contributed by atoms with Crippen LogP contribution in [0, 0.1) is 45.3 Å². The summed E-state index contributed by atoms with van der Waals surface area (Å²) in [7, 11) is 0. The molecule has 5 nitrogen and oxygen atoms in total. The maximum atomic E-state index is 13.1. The number of aliphatic hydroxyl groups excluding tert-OH is 4. The molecule has 198 valence electrons. The molecule has 0 heterocycles. The third-order valence-corrected chi connectivity index (χ3v) is 11.7. The van der Waals surface area contributed by atoms with E-state index in [4.69, 9.17) is 0 Å². The Balaban J connectivity index is 1.74. The van der Waals surface area contributed by atoms with Gasteiger partial charge in [0.05, 0.1) is 24.4 Å². The topological polar surface area (TPSA) is 98.0 Å². The molecule has 3 saturated carbocycles. The zero-order chi connectivity index (χ0) is 26.1. The number of allylic oxidation sites excluding steroid dienone is 1. The molecule has 11 unspecified atom stereocenters. The van der Waals surface area contributed by atoms with Gasteiger partial charge in [0.15, 0.2) is 0 Å². The SMILES string of the molecule is CC(C)=CC(O)C(O)C(C)C1CCC2(C)C3C(O)C=C4C(CCC(O)C4(C)C)C3(C=O)CCC12C. The van der Waals surface area contributed by atoms with Crippen molar-refractivity contribution in [2.75, 3.05) is 0 Å². The number of hydrogen-bond donors (Lipinski definition) is 4. The van der Waals surface area contributed by atoms with Crippen molar-refractivity contribution in [3.8, 4) is 0 Å². The number of rotatable bonds is 5. The molecule has 4 aliphatic rings. The first-order valence-electron chi connectivity index (χ1n) is 13.7. The molecule has 5 heteroatoms. The summed E-state index contributed by atoms with van der Waals surface area (Å²) in [4.78, 5) is 13.1. The summed E-state index contributed by atoms with van der Waals surface area (Å²) in [5, 5.41) is 44.1. The van der Waals surface area contributed by atoms with Crippen molar-refractivity contribution in [3.63, 3.8) is 0 Å². The lowest BCUT2D eigenvalue weighted by Crippen LogP contribution is -2.64. The van der Waals surface area contributed by atoms with Gasteiger partial charge in [-0.2, -0.15) is 0 Å². The predicted molar refractivity (Wildman–Crippen MR) is 137 cm³/mol. The van der Waals surface area contributed by atoms with Gasteiger partial charge in [-0.1, -0.05) is 57.9 Å². The fraction of sp³-hybridized carbons (Fsp3) is 0.833. The van der Waals surface area contributed by atoms with Gasteiger partial charge in [0, 0.05) is 16.7 Å². The maximum Gasteiger partial charge on any atom is 0.127 e. The lowest BCUT2D eigenvalue weighted by Gasteiger charge is -2.66. The summed E-state index contributed by atoms with van der Waals surface area (Å²) in [6.07, 6.45) is 6.76. The van der Waals surface area contributed by atoms with Gasteiger partial charge in [0.25, 0.3) is 0 Å². The van der Waals surface area contributed by atoms with Crippen LogP contribution >= 0.6 is 0 Å². The number of aldehydes is 1. The lowest BCUT2D eigenvalue weighted by atomic mass is 9.38. The van der Waals surface area contributed by atoms with Crippen molar-refractivity contribution < 1.29 is 25.2 Å². The van der Waals surface area contributed by atoms with Gasteiger partial charge < -0.3 is 25.2 Å². The minimum absolute atomic E-state index is 0.0507. The van der Waals surface area contributed by atoms with E-state index in [9.17, 15) is 25.2 Å². The van der Waals surface area contributed by atoms with Crippen molar-refractivity contribution in [1.29, 1.82) is 0 Å². The van der Waals surface area contributed by atoms with Crippen molar-refractivity contribution in [3.05, 3.63) is 23.3 Å². The van der Waals surface area contributed by atoms with Crippen LogP contribution in [0.15, 0.2) is 23.3 Å². The second kappa shape index (κ2) is 8.79. The summed E-state index contributed by atoms with van der Waals surface area (Å²) in [5.74, 6) is -0.0564. The van der Waals surface area contributed by atoms with E-state index < -0.39 is 35.2 Å². The molecular formula is C30H48O5. The molecule has 3 fully saturated rings. The Morgan fingerprint density at radius 2 is 1.66 bits per heavy atom. The molecule has 0 spiro atoms. The molecule has 0 aromatic heterocycles. The quantitative estimate of drug-likeness (QED) is 0.339. The molecule has 0 aromatic rings. The molecule has 11 atom stereocenters. The lowest BCUT2D eigenvalue weighted by molar-refractivity contribution is -0.185. The van der Waals surface area contributed by atoms with Crippen LogP contribution in [0.3, 0.4) is 0 Å². The third-order valence-electron chi connectivity index (χ3n) is 11.7. The summed E-state index contributed by atoms with van der Waals surface area (Å²) < 4.78 is 0. The standard InChI is InChI=1S/C30H48O5/c1-17(2)14-22(32)25(35)18(3)19-10-11-29(7)26-23(33)15-21-20(8-9-24(34)27(21,4)5)30(26,16-31)13-12-28(19,29)6/h14-16,18-20,22-26,32-35H,8-13H2,1-7H3. The fourth-order valence-electron chi connectivity index (χ4n) is 9.47. The van der Waals surface area contributed by atoms with E-state index in [1.54, 1.807) is 6.08 Å². The third kappa shape index (κ3) is 3.66. The van der Waals surface area contributed by atoms with Gasteiger partial charge >= 0.3 is 0 Å². The Morgan fingerprint density at radius 1 is 1.00 bits per heavy atom. The highest BCUT2D eigenvalue weighted by atomic mass is 16.3. The summed E-state index contributed by atoms with van der Waals surface area (Å²) in [6, 6.07) is 0. The number of carbonyl (C=O) groups is 1. The van der Waals surface area contributed by atoms with Gasteiger partial charge in [-0.3, -0.25) is 0 Å². The maximum absolute atomic E-state index is 13.1. The monoisotopic (exact) mass is 488 g/mol. The van der Waals surface area contributed by atoms with Gasteiger partial charge in [-0.15, -0.1) is 0 Å². The average molecular weight is 489 g/mol. The van der Waals surface area contributed by atoms with Crippen LogP contribution in [0.2, 0.25) is 0 Å². The molecule has 0 bridgehead atoms. The average Bonchev–Trinajstić information content (AvgIpc) is 3.06. The zero-order valence-electron chi connectivity index (χ0n) is 22.8. The van der Waals surface area contributed by atoms with Gasteiger partial charge in [0.1, 0.15) is 6.29 Å². The largest absolute Gasteiger partial charge is 0.392 e. The Morgan fingerprint density at radius 3 is 2.26 bits per heavy atom. The van der Waals surface area contributed by atoms with E-state index in [0.29, 0.717) is 12.8 Å². The predicted octanol–water partition coefficient (Wildman–Crippen LogP) is 4.43. The van der Waals surface area contributed by atoms with E-state index in [2.05, 4.69) is 20.8 Å². The molecule has 0 radical (unpaired) electrons. The van der Waals surface area contributed by atoms with Crippen molar-refractivity contribution >= 4 is 6.29 Å². The second-order valence-corrected chi connectivity index (χ2v) is 13.8. The molecule has 4 rings (SSSR count). The number of hydrogen-bond acceptors (Lipinski definition) is 5. The van der Waals surface area contributed by atoms with Crippen molar-refractivity contribution in [2.45, 2.75) is 111 Å². The van der Waals surface area contributed by atoms with E-state index in [0.717, 1.165) is 36.8 Å². The highest BCUT2D eigenvalue weighted by Gasteiger charge is 2.71. The molecule has 0 saturated heterocycles. The molecule has 4 aliphatic carbocycles. The van der Waals surface area contributed by atoms with Gasteiger partial charge in [-0.05, 0) is 81.0 Å². The van der Waals surface area contributed by atoms with Crippen molar-refractivity contribution in [2.24, 2.45) is 45.3 Å². The fourth-order valence-corrected chi connectivity index (χ4v) is 9.47. The molecule has 4 N–H and O–H groups in total. The number of aliphatic hydroxyl groups is 4. The summed E-state index contributed by atoms with van der Waals surface area (Å²) >= 11 is 0. The number of carbonyl (C=O) groups excluding carboxylic acids is 1. The Bertz CT molecular complexity index is 902. The van der Waals surface area contributed by atoms with Crippen LogP contribution in [-0.4, -0.2) is 51.1 Å². The minimum atomic E-state index is -0.898. The van der Waals surface area contributed by atoms with Crippen LogP contribution in [0.5, 0.6) is 0 Å². The minimum Gasteiger partial charge on any atom is -0.392 e. The molecule has 0 amide bonds. The molecule has 0 aromatic carbocycles. The van der Waals surface area contributed by atoms with E-state index in [1.807, 2.05) is 33.8 Å². The molecule has 0 aliphatic heterocycles. The highest BCUT2D eigenvalue weighted by molar-refractivity contribution is 5.65. The summed E-state index contributed by atoms with van der Waals surface area (Å²) in [6.45, 7) is 14.6. The van der Waals surface area contributed by atoms with Crippen LogP contribution in [0.4, 0.5) is 0 Å². The van der Waals surface area contributed by atoms with Gasteiger partial charge in [0.2, 0.25) is 0 Å². The normalized spacial score (nSPS) is 46.8. The Hall–Kier alpha value is -1.01. The second-order valence-electron chi connectivity index (χ2n) is 13.8. The van der Waals surface area contributed by atoms with Crippen LogP contribution in [-0.2, 0) is 4.79 Å². The van der Waals surface area contributed by atoms with E-state index >= 15 is 0 Å². The first-order valence-corrected chi connectivity index (χ1v) is 13.7. The number of fused-ring (bicyclic) bond motifs is 5. The highest BCUT2D eigenvalue weighted by Crippen LogP contribution is 2.74. The van der Waals surface area contributed by atoms with E-state index in [1.165, 1.54) is 6.29 Å². The first kappa shape index (κ1) is 27.0. The van der Waals surface area contributed by atoms with Crippen LogP contribution in [0.1, 0.15) is 87.0 Å².